The zero-order valence-corrected chi connectivity index (χ0v) is 14.0. The molecular formula is C16H18BrN3O2. The highest BCUT2D eigenvalue weighted by Gasteiger charge is 2.23. The molecule has 2 aromatic rings. The molecule has 1 unspecified atom stereocenters. The molecule has 1 aliphatic rings. The molecule has 1 aromatic heterocycles. The van der Waals surface area contributed by atoms with Crippen LogP contribution in [0.4, 0.5) is 0 Å². The molecule has 0 saturated carbocycles. The van der Waals surface area contributed by atoms with Crippen molar-refractivity contribution in [1.29, 1.82) is 0 Å². The van der Waals surface area contributed by atoms with Crippen LogP contribution in [0, 0.1) is 5.92 Å². The summed E-state index contributed by atoms with van der Waals surface area (Å²) in [5.74, 6) is -0.0963. The molecule has 0 N–H and O–H groups in total. The maximum atomic E-state index is 12.5. The van der Waals surface area contributed by atoms with E-state index in [1.54, 1.807) is 6.07 Å². The monoisotopic (exact) mass is 363 g/mol. The van der Waals surface area contributed by atoms with E-state index >= 15 is 0 Å². The van der Waals surface area contributed by atoms with E-state index in [1.165, 1.54) is 10.9 Å². The second-order valence-electron chi connectivity index (χ2n) is 5.80. The Morgan fingerprint density at radius 1 is 1.36 bits per heavy atom. The van der Waals surface area contributed by atoms with Gasteiger partial charge in [-0.05, 0) is 31.0 Å². The first-order valence-electron chi connectivity index (χ1n) is 7.50. The van der Waals surface area contributed by atoms with Gasteiger partial charge >= 0.3 is 0 Å². The van der Waals surface area contributed by atoms with Crippen LogP contribution >= 0.6 is 15.9 Å². The Labute approximate surface area is 137 Å². The summed E-state index contributed by atoms with van der Waals surface area (Å²) in [4.78, 5) is 31.1. The smallest absolute Gasteiger partial charge is 0.261 e. The van der Waals surface area contributed by atoms with Crippen molar-refractivity contribution in [1.82, 2.24) is 14.5 Å². The summed E-state index contributed by atoms with van der Waals surface area (Å²) >= 11 is 3.37. The molecule has 1 saturated heterocycles. The Hall–Kier alpha value is -1.69. The van der Waals surface area contributed by atoms with Crippen molar-refractivity contribution < 1.29 is 4.79 Å². The van der Waals surface area contributed by atoms with Gasteiger partial charge in [-0.3, -0.25) is 14.2 Å². The molecule has 0 bridgehead atoms. The summed E-state index contributed by atoms with van der Waals surface area (Å²) in [5, 5.41) is 0.567. The van der Waals surface area contributed by atoms with Crippen molar-refractivity contribution in [3.05, 3.63) is 39.4 Å². The zero-order chi connectivity index (χ0) is 15.7. The summed E-state index contributed by atoms with van der Waals surface area (Å²) in [6, 6.07) is 5.44. The molecule has 1 atom stereocenters. The molecule has 2 heterocycles. The molecule has 6 heteroatoms. The van der Waals surface area contributed by atoms with Gasteiger partial charge in [0, 0.05) is 24.1 Å². The number of benzene rings is 1. The van der Waals surface area contributed by atoms with Gasteiger partial charge in [0.2, 0.25) is 5.91 Å². The molecule has 1 fully saturated rings. The first-order chi connectivity index (χ1) is 10.6. The van der Waals surface area contributed by atoms with E-state index in [0.717, 1.165) is 30.4 Å². The number of aromatic nitrogens is 2. The fourth-order valence-corrected chi connectivity index (χ4v) is 3.24. The number of hydrogen-bond acceptors (Lipinski definition) is 3. The summed E-state index contributed by atoms with van der Waals surface area (Å²) in [5.41, 5.74) is 0.565. The summed E-state index contributed by atoms with van der Waals surface area (Å²) in [7, 11) is 0. The number of likely N-dealkylation sites (tertiary alicyclic amines) is 1. The lowest BCUT2D eigenvalue weighted by atomic mass is 10.1. The van der Waals surface area contributed by atoms with Crippen LogP contribution in [-0.4, -0.2) is 33.4 Å². The van der Waals surface area contributed by atoms with Crippen molar-refractivity contribution in [2.75, 3.05) is 13.1 Å². The molecule has 0 aliphatic carbocycles. The van der Waals surface area contributed by atoms with E-state index in [2.05, 4.69) is 20.9 Å². The van der Waals surface area contributed by atoms with Crippen molar-refractivity contribution >= 4 is 32.7 Å². The number of nitrogens with zero attached hydrogens (tertiary/aromatic N) is 3. The van der Waals surface area contributed by atoms with Gasteiger partial charge in [-0.2, -0.15) is 0 Å². The van der Waals surface area contributed by atoms with Gasteiger partial charge < -0.3 is 4.90 Å². The largest absolute Gasteiger partial charge is 0.342 e. The summed E-state index contributed by atoms with van der Waals surface area (Å²) in [6.07, 6.45) is 3.68. The van der Waals surface area contributed by atoms with Crippen LogP contribution in [0.3, 0.4) is 0 Å². The molecule has 1 aliphatic heterocycles. The molecule has 0 spiro atoms. The Morgan fingerprint density at radius 2 is 2.09 bits per heavy atom. The maximum Gasteiger partial charge on any atom is 0.261 e. The quantitative estimate of drug-likeness (QED) is 0.841. The van der Waals surface area contributed by atoms with E-state index < -0.39 is 0 Å². The van der Waals surface area contributed by atoms with Gasteiger partial charge in [-0.15, -0.1) is 0 Å². The number of hydrogen-bond donors (Lipinski definition) is 0. The topological polar surface area (TPSA) is 55.2 Å². The standard InChI is InChI=1S/C16H18BrN3O2/c1-11(15(21)19-6-2-3-7-19)9-20-10-18-14-5-4-12(17)8-13(14)16(20)22/h4-5,8,10-11H,2-3,6-7,9H2,1H3. The van der Waals surface area contributed by atoms with Crippen molar-refractivity contribution in [3.8, 4) is 0 Å². The highest BCUT2D eigenvalue weighted by Crippen LogP contribution is 2.16. The SMILES string of the molecule is CC(Cn1cnc2ccc(Br)cc2c1=O)C(=O)N1CCCC1. The Morgan fingerprint density at radius 3 is 2.82 bits per heavy atom. The Balaban J connectivity index is 1.85. The number of rotatable bonds is 3. The minimum Gasteiger partial charge on any atom is -0.342 e. The molecule has 1 amide bonds. The van der Waals surface area contributed by atoms with Crippen LogP contribution in [0.2, 0.25) is 0 Å². The van der Waals surface area contributed by atoms with Crippen molar-refractivity contribution in [3.63, 3.8) is 0 Å². The molecular weight excluding hydrogens is 346 g/mol. The van der Waals surface area contributed by atoms with Gasteiger partial charge in [0.1, 0.15) is 0 Å². The fraction of sp³-hybridized carbons (Fsp3) is 0.438. The van der Waals surface area contributed by atoms with Crippen LogP contribution in [0.5, 0.6) is 0 Å². The number of fused-ring (bicyclic) bond motifs is 1. The third-order valence-electron chi connectivity index (χ3n) is 4.10. The summed E-state index contributed by atoms with van der Waals surface area (Å²) in [6.45, 7) is 3.91. The predicted octanol–water partition coefficient (Wildman–Crippen LogP) is 2.42. The van der Waals surface area contributed by atoms with E-state index in [0.29, 0.717) is 17.4 Å². The third kappa shape index (κ3) is 2.92. The second-order valence-corrected chi connectivity index (χ2v) is 6.71. The summed E-state index contributed by atoms with van der Waals surface area (Å²) < 4.78 is 2.38. The van der Waals surface area contributed by atoms with Gasteiger partial charge in [0.15, 0.2) is 0 Å². The van der Waals surface area contributed by atoms with Gasteiger partial charge in [-0.1, -0.05) is 22.9 Å². The maximum absolute atomic E-state index is 12.5. The Kier molecular flexibility index (Phi) is 4.29. The number of amides is 1. The predicted molar refractivity (Wildman–Crippen MR) is 88.7 cm³/mol. The van der Waals surface area contributed by atoms with E-state index in [-0.39, 0.29) is 17.4 Å². The minimum absolute atomic E-state index is 0.104. The molecule has 0 radical (unpaired) electrons. The molecule has 22 heavy (non-hydrogen) atoms. The van der Waals surface area contributed by atoms with E-state index in [1.807, 2.05) is 24.0 Å². The van der Waals surface area contributed by atoms with Gasteiger partial charge in [0.25, 0.3) is 5.56 Å². The highest BCUT2D eigenvalue weighted by atomic mass is 79.9. The minimum atomic E-state index is -0.220. The van der Waals surface area contributed by atoms with E-state index in [9.17, 15) is 9.59 Å². The number of halogens is 1. The van der Waals surface area contributed by atoms with Gasteiger partial charge in [0.05, 0.1) is 23.1 Å². The average molecular weight is 364 g/mol. The van der Waals surface area contributed by atoms with Crippen molar-refractivity contribution in [2.24, 2.45) is 5.92 Å². The molecule has 3 rings (SSSR count). The second kappa shape index (κ2) is 6.20. The lowest BCUT2D eigenvalue weighted by molar-refractivity contribution is -0.134. The molecule has 5 nitrogen and oxygen atoms in total. The van der Waals surface area contributed by atoms with Gasteiger partial charge in [-0.25, -0.2) is 4.98 Å². The van der Waals surface area contributed by atoms with Crippen LogP contribution in [0.25, 0.3) is 10.9 Å². The number of carbonyl (C=O) groups excluding carboxylic acids is 1. The lowest BCUT2D eigenvalue weighted by Gasteiger charge is -2.20. The lowest BCUT2D eigenvalue weighted by Crippen LogP contribution is -2.36. The fourth-order valence-electron chi connectivity index (χ4n) is 2.88. The number of carbonyl (C=O) groups is 1. The first kappa shape index (κ1) is 15.2. The van der Waals surface area contributed by atoms with Crippen LogP contribution < -0.4 is 5.56 Å². The Bertz CT molecular complexity index is 766. The van der Waals surface area contributed by atoms with Crippen LogP contribution in [-0.2, 0) is 11.3 Å². The average Bonchev–Trinajstić information content (AvgIpc) is 3.04. The van der Waals surface area contributed by atoms with Crippen LogP contribution in [0.15, 0.2) is 33.8 Å². The molecule has 1 aromatic carbocycles. The normalized spacial score (nSPS) is 16.2. The van der Waals surface area contributed by atoms with Crippen LogP contribution in [0.1, 0.15) is 19.8 Å². The van der Waals surface area contributed by atoms with Crippen molar-refractivity contribution in [2.45, 2.75) is 26.3 Å². The first-order valence-corrected chi connectivity index (χ1v) is 8.29. The highest BCUT2D eigenvalue weighted by molar-refractivity contribution is 9.10. The zero-order valence-electron chi connectivity index (χ0n) is 12.5. The van der Waals surface area contributed by atoms with E-state index in [4.69, 9.17) is 0 Å². The molecule has 116 valence electrons. The third-order valence-corrected chi connectivity index (χ3v) is 4.59.